The monoisotopic (exact) mass is 171 g/mol. The molecule has 0 aliphatic heterocycles. The second-order valence-electron chi connectivity index (χ2n) is 2.77. The van der Waals surface area contributed by atoms with E-state index in [1.807, 2.05) is 6.07 Å². The predicted octanol–water partition coefficient (Wildman–Crippen LogP) is 1.77. The quantitative estimate of drug-likeness (QED) is 0.517. The van der Waals surface area contributed by atoms with Crippen molar-refractivity contribution in [3.05, 3.63) is 31.0 Å². The Kier molecular flexibility index (Phi) is 1.14. The van der Waals surface area contributed by atoms with Crippen LogP contribution < -0.4 is 0 Å². The second-order valence-corrected chi connectivity index (χ2v) is 2.77. The molecule has 62 valence electrons. The van der Waals surface area contributed by atoms with Crippen LogP contribution in [-0.4, -0.2) is 15.2 Å². The van der Waals surface area contributed by atoms with Gasteiger partial charge in [-0.05, 0) is 6.07 Å². The molecule has 0 fully saturated rings. The highest BCUT2D eigenvalue weighted by atomic mass is 16.3. The van der Waals surface area contributed by atoms with Crippen LogP contribution in [0.15, 0.2) is 35.4 Å². The summed E-state index contributed by atoms with van der Waals surface area (Å²) in [6, 6.07) is 1.89. The van der Waals surface area contributed by atoms with Gasteiger partial charge in [-0.3, -0.25) is 0 Å². The Labute approximate surface area is 73.2 Å². The lowest BCUT2D eigenvalue weighted by atomic mass is 10.2. The molecular weight excluding hydrogens is 166 g/mol. The molecule has 0 radical (unpaired) electrons. The molecule has 3 aromatic rings. The smallest absolute Gasteiger partial charge is 0.183 e. The van der Waals surface area contributed by atoms with E-state index in [2.05, 4.69) is 15.2 Å². The molecule has 0 N–H and O–H groups in total. The summed E-state index contributed by atoms with van der Waals surface area (Å²) in [7, 11) is 0. The third kappa shape index (κ3) is 0.823. The van der Waals surface area contributed by atoms with E-state index in [0.717, 1.165) is 16.2 Å². The average Bonchev–Trinajstić information content (AvgIpc) is 2.65. The van der Waals surface area contributed by atoms with Crippen molar-refractivity contribution in [1.82, 2.24) is 15.2 Å². The summed E-state index contributed by atoms with van der Waals surface area (Å²) in [5, 5.41) is 10.7. The molecule has 0 aromatic carbocycles. The lowest BCUT2D eigenvalue weighted by Gasteiger charge is -1.94. The lowest BCUT2D eigenvalue weighted by Crippen LogP contribution is -1.78. The molecule has 0 aliphatic rings. The first-order valence-corrected chi connectivity index (χ1v) is 3.87. The van der Waals surface area contributed by atoms with Crippen molar-refractivity contribution in [3.63, 3.8) is 0 Å². The highest BCUT2D eigenvalue weighted by Crippen LogP contribution is 2.20. The normalized spacial score (nSPS) is 11.1. The standard InChI is InChI=1S/C9H5N3O/c1-2-13-5-6-3-10-9-8(7(1)6)4-11-12-9/h1-5H. The minimum absolute atomic E-state index is 0.679. The van der Waals surface area contributed by atoms with Gasteiger partial charge >= 0.3 is 0 Å². The van der Waals surface area contributed by atoms with E-state index in [-0.39, 0.29) is 0 Å². The minimum atomic E-state index is 0.679. The molecular formula is C9H5N3O. The number of hydrogen-bond donors (Lipinski definition) is 0. The van der Waals surface area contributed by atoms with Crippen molar-refractivity contribution in [2.45, 2.75) is 0 Å². The van der Waals surface area contributed by atoms with E-state index >= 15 is 0 Å². The molecule has 0 spiro atoms. The van der Waals surface area contributed by atoms with E-state index in [1.165, 1.54) is 0 Å². The van der Waals surface area contributed by atoms with Gasteiger partial charge in [-0.25, -0.2) is 4.98 Å². The van der Waals surface area contributed by atoms with Crippen LogP contribution in [0.4, 0.5) is 0 Å². The summed E-state index contributed by atoms with van der Waals surface area (Å²) in [5.74, 6) is 0. The summed E-state index contributed by atoms with van der Waals surface area (Å²) in [5.41, 5.74) is 0.679. The molecule has 0 atom stereocenters. The molecule has 0 aliphatic carbocycles. The van der Waals surface area contributed by atoms with Crippen molar-refractivity contribution >= 4 is 21.8 Å². The maximum atomic E-state index is 5.04. The highest BCUT2D eigenvalue weighted by Gasteiger charge is 2.03. The SMILES string of the molecule is c1cc2c(cnc3nncc32)co1. The molecule has 3 aromatic heterocycles. The zero-order valence-electron chi connectivity index (χ0n) is 6.64. The minimum Gasteiger partial charge on any atom is -0.472 e. The van der Waals surface area contributed by atoms with Crippen LogP contribution in [0.5, 0.6) is 0 Å². The van der Waals surface area contributed by atoms with Crippen molar-refractivity contribution in [3.8, 4) is 0 Å². The third-order valence-electron chi connectivity index (χ3n) is 2.02. The Balaban J connectivity index is 2.65. The highest BCUT2D eigenvalue weighted by molar-refractivity contribution is 6.03. The van der Waals surface area contributed by atoms with Gasteiger partial charge in [-0.1, -0.05) is 0 Å². The van der Waals surface area contributed by atoms with E-state index in [9.17, 15) is 0 Å². The molecule has 0 unspecified atom stereocenters. The fourth-order valence-corrected chi connectivity index (χ4v) is 1.39. The average molecular weight is 171 g/mol. The van der Waals surface area contributed by atoms with Crippen LogP contribution in [-0.2, 0) is 0 Å². The van der Waals surface area contributed by atoms with E-state index in [0.29, 0.717) is 5.65 Å². The van der Waals surface area contributed by atoms with Gasteiger partial charge in [-0.2, -0.15) is 5.10 Å². The van der Waals surface area contributed by atoms with Gasteiger partial charge < -0.3 is 4.42 Å². The summed E-state index contributed by atoms with van der Waals surface area (Å²) in [6.45, 7) is 0. The van der Waals surface area contributed by atoms with Crippen molar-refractivity contribution in [1.29, 1.82) is 0 Å². The van der Waals surface area contributed by atoms with Crippen LogP contribution in [0.1, 0.15) is 0 Å². The Morgan fingerprint density at radius 2 is 2.15 bits per heavy atom. The van der Waals surface area contributed by atoms with Gasteiger partial charge in [0.1, 0.15) is 0 Å². The molecule has 0 amide bonds. The number of fused-ring (bicyclic) bond motifs is 3. The number of hydrogen-bond acceptors (Lipinski definition) is 4. The number of aromatic nitrogens is 3. The summed E-state index contributed by atoms with van der Waals surface area (Å²) in [6.07, 6.45) is 6.74. The van der Waals surface area contributed by atoms with Gasteiger partial charge in [-0.15, -0.1) is 5.10 Å². The Morgan fingerprint density at radius 3 is 3.15 bits per heavy atom. The van der Waals surface area contributed by atoms with Gasteiger partial charge in [0.15, 0.2) is 5.65 Å². The molecule has 0 saturated heterocycles. The molecule has 0 bridgehead atoms. The van der Waals surface area contributed by atoms with E-state index in [4.69, 9.17) is 4.42 Å². The molecule has 0 saturated carbocycles. The summed E-state index contributed by atoms with van der Waals surface area (Å²) < 4.78 is 5.04. The molecule has 3 rings (SSSR count). The first-order valence-electron chi connectivity index (χ1n) is 3.87. The number of pyridine rings is 1. The fourth-order valence-electron chi connectivity index (χ4n) is 1.39. The van der Waals surface area contributed by atoms with Crippen LogP contribution in [0.2, 0.25) is 0 Å². The van der Waals surface area contributed by atoms with Crippen LogP contribution in [0, 0.1) is 0 Å². The molecule has 3 heterocycles. The largest absolute Gasteiger partial charge is 0.472 e. The van der Waals surface area contributed by atoms with Gasteiger partial charge in [0.2, 0.25) is 0 Å². The van der Waals surface area contributed by atoms with Crippen LogP contribution >= 0.6 is 0 Å². The van der Waals surface area contributed by atoms with E-state index < -0.39 is 0 Å². The van der Waals surface area contributed by atoms with Crippen LogP contribution in [0.25, 0.3) is 21.8 Å². The number of rotatable bonds is 0. The van der Waals surface area contributed by atoms with Crippen LogP contribution in [0.3, 0.4) is 0 Å². The maximum Gasteiger partial charge on any atom is 0.183 e. The van der Waals surface area contributed by atoms with Gasteiger partial charge in [0, 0.05) is 22.4 Å². The number of nitrogens with zero attached hydrogens (tertiary/aromatic N) is 3. The zero-order valence-corrected chi connectivity index (χ0v) is 6.64. The Bertz CT molecular complexity index is 573. The summed E-state index contributed by atoms with van der Waals surface area (Å²) >= 11 is 0. The van der Waals surface area contributed by atoms with E-state index in [1.54, 1.807) is 24.9 Å². The van der Waals surface area contributed by atoms with Gasteiger partial charge in [0.25, 0.3) is 0 Å². The predicted molar refractivity (Wildman–Crippen MR) is 47.1 cm³/mol. The Hall–Kier alpha value is -1.97. The van der Waals surface area contributed by atoms with Gasteiger partial charge in [0.05, 0.1) is 18.7 Å². The lowest BCUT2D eigenvalue weighted by molar-refractivity contribution is 0.557. The zero-order chi connectivity index (χ0) is 8.67. The molecule has 4 nitrogen and oxygen atoms in total. The van der Waals surface area contributed by atoms with Crippen molar-refractivity contribution < 1.29 is 4.42 Å². The fraction of sp³-hybridized carbons (Fsp3) is 0. The molecule has 4 heteroatoms. The van der Waals surface area contributed by atoms with Crippen molar-refractivity contribution in [2.75, 3.05) is 0 Å². The Morgan fingerprint density at radius 1 is 1.15 bits per heavy atom. The maximum absolute atomic E-state index is 5.04. The third-order valence-corrected chi connectivity index (χ3v) is 2.02. The first-order chi connectivity index (χ1) is 6.45. The second kappa shape index (κ2) is 2.26. The van der Waals surface area contributed by atoms with Crippen molar-refractivity contribution in [2.24, 2.45) is 0 Å². The molecule has 13 heavy (non-hydrogen) atoms. The first kappa shape index (κ1) is 6.54. The topological polar surface area (TPSA) is 51.8 Å². The summed E-state index contributed by atoms with van der Waals surface area (Å²) in [4.78, 5) is 4.14.